The third-order valence-corrected chi connectivity index (χ3v) is 3.82. The molecule has 110 valence electrons. The topological polar surface area (TPSA) is 55.1 Å². The number of rotatable bonds is 4. The van der Waals surface area contributed by atoms with Crippen LogP contribution in [0.1, 0.15) is 6.92 Å². The van der Waals surface area contributed by atoms with Gasteiger partial charge in [0.15, 0.2) is 11.6 Å². The highest BCUT2D eigenvalue weighted by atomic mass is 32.2. The number of nitrogens with two attached hydrogens (primary N) is 1. The molecule has 0 heterocycles. The lowest BCUT2D eigenvalue weighted by Gasteiger charge is -2.12. The van der Waals surface area contributed by atoms with Gasteiger partial charge in [-0.2, -0.15) is 0 Å². The molecule has 1 amide bonds. The van der Waals surface area contributed by atoms with Crippen molar-refractivity contribution in [3.05, 3.63) is 54.1 Å². The largest absolute Gasteiger partial charge is 0.399 e. The Morgan fingerprint density at radius 1 is 1.19 bits per heavy atom. The Kier molecular flexibility index (Phi) is 4.80. The number of anilines is 2. The van der Waals surface area contributed by atoms with Gasteiger partial charge in [0, 0.05) is 16.3 Å². The Hall–Kier alpha value is -2.08. The van der Waals surface area contributed by atoms with Gasteiger partial charge in [0.2, 0.25) is 5.91 Å². The van der Waals surface area contributed by atoms with Crippen LogP contribution in [-0.4, -0.2) is 11.2 Å². The Morgan fingerprint density at radius 2 is 1.95 bits per heavy atom. The van der Waals surface area contributed by atoms with Gasteiger partial charge >= 0.3 is 0 Å². The maximum atomic E-state index is 13.1. The molecule has 3 nitrogen and oxygen atoms in total. The Bertz CT molecular complexity index is 664. The molecule has 0 aliphatic carbocycles. The van der Waals surface area contributed by atoms with Crippen molar-refractivity contribution in [3.8, 4) is 0 Å². The molecule has 1 unspecified atom stereocenters. The maximum absolute atomic E-state index is 13.1. The van der Waals surface area contributed by atoms with E-state index in [0.29, 0.717) is 16.3 Å². The average Bonchev–Trinajstić information content (AvgIpc) is 2.43. The van der Waals surface area contributed by atoms with E-state index in [-0.39, 0.29) is 5.91 Å². The first-order chi connectivity index (χ1) is 9.95. The number of carbonyl (C=O) groups excluding carboxylic acids is 1. The molecule has 0 aromatic heterocycles. The van der Waals surface area contributed by atoms with Crippen LogP contribution in [-0.2, 0) is 4.79 Å². The second-order valence-corrected chi connectivity index (χ2v) is 5.86. The molecule has 0 aliphatic rings. The van der Waals surface area contributed by atoms with Crippen LogP contribution in [0.15, 0.2) is 47.4 Å². The van der Waals surface area contributed by atoms with Crippen molar-refractivity contribution in [1.82, 2.24) is 0 Å². The lowest BCUT2D eigenvalue weighted by atomic mass is 10.3. The fourth-order valence-electron chi connectivity index (χ4n) is 1.67. The molecule has 0 aliphatic heterocycles. The molecule has 0 saturated heterocycles. The highest BCUT2D eigenvalue weighted by Crippen LogP contribution is 2.25. The van der Waals surface area contributed by atoms with Gasteiger partial charge in [-0.05, 0) is 43.3 Å². The van der Waals surface area contributed by atoms with Gasteiger partial charge in [0.25, 0.3) is 0 Å². The van der Waals surface area contributed by atoms with E-state index in [9.17, 15) is 13.6 Å². The number of nitrogen functional groups attached to an aromatic ring is 1. The van der Waals surface area contributed by atoms with Crippen LogP contribution in [0, 0.1) is 11.6 Å². The lowest BCUT2D eigenvalue weighted by Crippen LogP contribution is -2.22. The molecule has 2 aromatic rings. The van der Waals surface area contributed by atoms with Crippen LogP contribution in [0.25, 0.3) is 0 Å². The zero-order chi connectivity index (χ0) is 15.4. The fraction of sp³-hybridized carbons (Fsp3) is 0.133. The first-order valence-electron chi connectivity index (χ1n) is 6.24. The van der Waals surface area contributed by atoms with Gasteiger partial charge in [0.1, 0.15) is 0 Å². The normalized spacial score (nSPS) is 12.0. The van der Waals surface area contributed by atoms with Crippen LogP contribution in [0.3, 0.4) is 0 Å². The lowest BCUT2D eigenvalue weighted by molar-refractivity contribution is -0.115. The molecule has 6 heteroatoms. The smallest absolute Gasteiger partial charge is 0.237 e. The third-order valence-electron chi connectivity index (χ3n) is 2.73. The molecule has 0 saturated carbocycles. The SMILES string of the molecule is CC(Sc1ccc(F)c(F)c1)C(=O)Nc1cccc(N)c1. The summed E-state index contributed by atoms with van der Waals surface area (Å²) in [6, 6.07) is 10.4. The van der Waals surface area contributed by atoms with Crippen molar-refractivity contribution in [2.24, 2.45) is 0 Å². The van der Waals surface area contributed by atoms with Crippen molar-refractivity contribution < 1.29 is 13.6 Å². The van der Waals surface area contributed by atoms with Crippen LogP contribution >= 0.6 is 11.8 Å². The predicted octanol–water partition coefficient (Wildman–Crippen LogP) is 3.67. The molecule has 2 aromatic carbocycles. The van der Waals surface area contributed by atoms with Crippen LogP contribution < -0.4 is 11.1 Å². The van der Waals surface area contributed by atoms with E-state index in [1.807, 2.05) is 0 Å². The van der Waals surface area contributed by atoms with Crippen molar-refractivity contribution in [3.63, 3.8) is 0 Å². The highest BCUT2D eigenvalue weighted by molar-refractivity contribution is 8.00. The molecule has 21 heavy (non-hydrogen) atoms. The zero-order valence-electron chi connectivity index (χ0n) is 11.3. The summed E-state index contributed by atoms with van der Waals surface area (Å²) in [4.78, 5) is 12.5. The van der Waals surface area contributed by atoms with Crippen molar-refractivity contribution in [1.29, 1.82) is 0 Å². The first kappa shape index (κ1) is 15.3. The summed E-state index contributed by atoms with van der Waals surface area (Å²) in [5.41, 5.74) is 6.78. The number of amides is 1. The minimum absolute atomic E-state index is 0.240. The zero-order valence-corrected chi connectivity index (χ0v) is 12.1. The number of hydrogen-bond acceptors (Lipinski definition) is 3. The number of nitrogens with one attached hydrogen (secondary N) is 1. The van der Waals surface area contributed by atoms with Gasteiger partial charge in [-0.1, -0.05) is 6.07 Å². The Balaban J connectivity index is 2.00. The number of carbonyl (C=O) groups is 1. The van der Waals surface area contributed by atoms with Gasteiger partial charge < -0.3 is 11.1 Å². The number of hydrogen-bond donors (Lipinski definition) is 2. The van der Waals surface area contributed by atoms with Gasteiger partial charge in [-0.3, -0.25) is 4.79 Å². The summed E-state index contributed by atoms with van der Waals surface area (Å²) in [5.74, 6) is -2.07. The maximum Gasteiger partial charge on any atom is 0.237 e. The first-order valence-corrected chi connectivity index (χ1v) is 7.12. The van der Waals surface area contributed by atoms with E-state index in [1.54, 1.807) is 31.2 Å². The molecular weight excluding hydrogens is 294 g/mol. The Morgan fingerprint density at radius 3 is 2.62 bits per heavy atom. The molecule has 2 rings (SSSR count). The second kappa shape index (κ2) is 6.58. The second-order valence-electron chi connectivity index (χ2n) is 4.45. The van der Waals surface area contributed by atoms with E-state index < -0.39 is 16.9 Å². The highest BCUT2D eigenvalue weighted by Gasteiger charge is 2.15. The molecule has 0 spiro atoms. The van der Waals surface area contributed by atoms with E-state index >= 15 is 0 Å². The van der Waals surface area contributed by atoms with Gasteiger partial charge in [-0.15, -0.1) is 11.8 Å². The van der Waals surface area contributed by atoms with E-state index in [0.717, 1.165) is 23.9 Å². The van der Waals surface area contributed by atoms with Crippen molar-refractivity contribution >= 4 is 29.0 Å². The summed E-state index contributed by atoms with van der Waals surface area (Å²) in [7, 11) is 0. The minimum atomic E-state index is -0.927. The van der Waals surface area contributed by atoms with Crippen molar-refractivity contribution in [2.75, 3.05) is 11.1 Å². The summed E-state index contributed by atoms with van der Waals surface area (Å²) in [5, 5.41) is 2.26. The van der Waals surface area contributed by atoms with E-state index in [4.69, 9.17) is 5.73 Å². The predicted molar refractivity (Wildman–Crippen MR) is 81.2 cm³/mol. The summed E-state index contributed by atoms with van der Waals surface area (Å²) in [6.45, 7) is 1.69. The molecule has 3 N–H and O–H groups in total. The average molecular weight is 308 g/mol. The monoisotopic (exact) mass is 308 g/mol. The molecule has 0 bridgehead atoms. The van der Waals surface area contributed by atoms with Gasteiger partial charge in [-0.25, -0.2) is 8.78 Å². The van der Waals surface area contributed by atoms with E-state index in [1.165, 1.54) is 6.07 Å². The van der Waals surface area contributed by atoms with Crippen LogP contribution in [0.5, 0.6) is 0 Å². The van der Waals surface area contributed by atoms with Gasteiger partial charge in [0.05, 0.1) is 5.25 Å². The summed E-state index contributed by atoms with van der Waals surface area (Å²) < 4.78 is 26.0. The number of benzene rings is 2. The van der Waals surface area contributed by atoms with Crippen LogP contribution in [0.2, 0.25) is 0 Å². The Labute approximate surface area is 125 Å². The van der Waals surface area contributed by atoms with Crippen LogP contribution in [0.4, 0.5) is 20.2 Å². The third kappa shape index (κ3) is 4.19. The molecule has 1 atom stereocenters. The van der Waals surface area contributed by atoms with E-state index in [2.05, 4.69) is 5.32 Å². The molecular formula is C15H14F2N2OS. The molecule has 0 fully saturated rings. The number of halogens is 2. The standard InChI is InChI=1S/C15H14F2N2OS/c1-9(21-12-5-6-13(16)14(17)8-12)15(20)19-11-4-2-3-10(18)7-11/h2-9H,18H2,1H3,(H,19,20). The summed E-state index contributed by atoms with van der Waals surface area (Å²) in [6.07, 6.45) is 0. The van der Waals surface area contributed by atoms with Crippen molar-refractivity contribution in [2.45, 2.75) is 17.1 Å². The fourth-order valence-corrected chi connectivity index (χ4v) is 2.56. The minimum Gasteiger partial charge on any atom is -0.399 e. The summed E-state index contributed by atoms with van der Waals surface area (Å²) >= 11 is 1.15. The molecule has 0 radical (unpaired) electrons. The number of thioether (sulfide) groups is 1. The quantitative estimate of drug-likeness (QED) is 0.669.